The Hall–Kier alpha value is -3.24. The Bertz CT molecular complexity index is 1210. The number of hydrogen-bond donors (Lipinski definition) is 2. The number of carbonyl (C=O) groups is 2. The zero-order valence-corrected chi connectivity index (χ0v) is 21.9. The summed E-state index contributed by atoms with van der Waals surface area (Å²) in [5, 5.41) is 17.2. The maximum absolute atomic E-state index is 13.6. The fourth-order valence-electron chi connectivity index (χ4n) is 4.63. The summed E-state index contributed by atoms with van der Waals surface area (Å²) in [6, 6.07) is 8.54. The molecule has 2 aromatic heterocycles. The van der Waals surface area contributed by atoms with Gasteiger partial charge in [-0.25, -0.2) is 4.98 Å². The molecule has 1 aliphatic rings. The summed E-state index contributed by atoms with van der Waals surface area (Å²) in [7, 11) is 1.47. The van der Waals surface area contributed by atoms with E-state index < -0.39 is 18.1 Å². The number of thiazole rings is 1. The first-order chi connectivity index (χ1) is 17.2. The number of β-amino-alcohol motifs (C(OH)–C–C–N with tert-alkyl or cyclic N) is 1. The molecule has 4 rings (SSSR count). The highest BCUT2D eigenvalue weighted by Crippen LogP contribution is 2.33. The third-order valence-electron chi connectivity index (χ3n) is 6.60. The molecule has 36 heavy (non-hydrogen) atoms. The average Bonchev–Trinajstić information content (AvgIpc) is 3.58. The van der Waals surface area contributed by atoms with Gasteiger partial charge in [0.2, 0.25) is 11.8 Å². The van der Waals surface area contributed by atoms with Crippen molar-refractivity contribution in [2.75, 3.05) is 13.7 Å². The van der Waals surface area contributed by atoms with Crippen LogP contribution in [0.2, 0.25) is 0 Å². The van der Waals surface area contributed by atoms with Crippen molar-refractivity contribution in [1.82, 2.24) is 20.4 Å². The zero-order chi connectivity index (χ0) is 26.0. The topological polar surface area (TPSA) is 118 Å². The summed E-state index contributed by atoms with van der Waals surface area (Å²) in [5.74, 6) is -0.690. The third-order valence-corrected chi connectivity index (χ3v) is 7.57. The van der Waals surface area contributed by atoms with Crippen LogP contribution in [0.25, 0.3) is 10.4 Å². The van der Waals surface area contributed by atoms with E-state index in [-0.39, 0.29) is 42.6 Å². The Balaban J connectivity index is 1.47. The van der Waals surface area contributed by atoms with Crippen molar-refractivity contribution in [3.05, 3.63) is 52.9 Å². The lowest BCUT2D eigenvalue weighted by Gasteiger charge is -2.29. The van der Waals surface area contributed by atoms with Crippen molar-refractivity contribution >= 4 is 23.2 Å². The number of methoxy groups -OCH3 is 1. The molecular formula is C26H32N4O5S. The molecule has 10 heteroatoms. The van der Waals surface area contributed by atoms with Crippen molar-refractivity contribution in [1.29, 1.82) is 0 Å². The molecule has 3 heterocycles. The van der Waals surface area contributed by atoms with Gasteiger partial charge in [0.25, 0.3) is 5.88 Å². The van der Waals surface area contributed by atoms with Crippen molar-refractivity contribution in [3.63, 3.8) is 0 Å². The van der Waals surface area contributed by atoms with Gasteiger partial charge in [0, 0.05) is 19.0 Å². The molecule has 0 bridgehead atoms. The van der Waals surface area contributed by atoms with E-state index in [4.69, 9.17) is 9.26 Å². The van der Waals surface area contributed by atoms with E-state index in [1.807, 2.05) is 57.5 Å². The van der Waals surface area contributed by atoms with Crippen LogP contribution in [-0.4, -0.2) is 57.8 Å². The number of likely N-dealkylation sites (tertiary alicyclic amines) is 1. The Labute approximate surface area is 214 Å². The fraction of sp³-hybridized carbons (Fsp3) is 0.462. The molecule has 0 aliphatic carbocycles. The molecule has 1 fully saturated rings. The molecule has 2 amide bonds. The normalized spacial score (nSPS) is 19.4. The number of amides is 2. The van der Waals surface area contributed by atoms with Crippen LogP contribution in [0, 0.1) is 12.8 Å². The zero-order valence-electron chi connectivity index (χ0n) is 21.1. The second-order valence-corrected chi connectivity index (χ2v) is 10.4. The van der Waals surface area contributed by atoms with Crippen LogP contribution in [0.4, 0.5) is 0 Å². The van der Waals surface area contributed by atoms with Gasteiger partial charge in [-0.2, -0.15) is 0 Å². The molecule has 1 aliphatic heterocycles. The van der Waals surface area contributed by atoms with Gasteiger partial charge >= 0.3 is 0 Å². The number of aryl methyl sites for hydroxylation is 1. The van der Waals surface area contributed by atoms with E-state index in [0.29, 0.717) is 5.76 Å². The quantitative estimate of drug-likeness (QED) is 0.473. The minimum Gasteiger partial charge on any atom is -0.479 e. The van der Waals surface area contributed by atoms with Crippen LogP contribution in [-0.2, 0) is 9.59 Å². The standard InChI is InChI=1S/C26H32N4O5S/c1-14(2)23(21-11-22(34-5)29-35-21)26(33)30-12-19(31)10-20(30)25(32)28-15(3)17-6-8-18(9-7-17)24-16(4)27-13-36-24/h6-9,11,13-15,19-20,23,31H,10,12H2,1-5H3,(H,28,32)/t15-,19+,20-,23-/m0/s1. The van der Waals surface area contributed by atoms with Gasteiger partial charge in [-0.05, 0) is 36.0 Å². The van der Waals surface area contributed by atoms with Crippen molar-refractivity contribution in [2.24, 2.45) is 5.92 Å². The number of rotatable bonds is 8. The third kappa shape index (κ3) is 5.29. The number of nitrogens with one attached hydrogen (secondary N) is 1. The monoisotopic (exact) mass is 512 g/mol. The maximum Gasteiger partial charge on any atom is 0.254 e. The van der Waals surface area contributed by atoms with Crippen LogP contribution < -0.4 is 10.1 Å². The molecule has 2 N–H and O–H groups in total. The highest BCUT2D eigenvalue weighted by Gasteiger charge is 2.43. The lowest BCUT2D eigenvalue weighted by atomic mass is 9.91. The summed E-state index contributed by atoms with van der Waals surface area (Å²) in [6.07, 6.45) is -0.600. The second-order valence-electron chi connectivity index (χ2n) is 9.51. The van der Waals surface area contributed by atoms with Crippen molar-refractivity contribution in [2.45, 2.75) is 58.2 Å². The summed E-state index contributed by atoms with van der Waals surface area (Å²) < 4.78 is 10.4. The van der Waals surface area contributed by atoms with Gasteiger partial charge in [0.05, 0.1) is 35.3 Å². The summed E-state index contributed by atoms with van der Waals surface area (Å²) in [6.45, 7) is 7.77. The largest absolute Gasteiger partial charge is 0.479 e. The summed E-state index contributed by atoms with van der Waals surface area (Å²) in [5.41, 5.74) is 4.84. The SMILES string of the molecule is COc1cc([C@@H](C(=O)N2C[C@H](O)C[C@H]2C(=O)N[C@@H](C)c2ccc(-c3scnc3C)cc2)C(C)C)on1. The van der Waals surface area contributed by atoms with Gasteiger partial charge < -0.3 is 24.6 Å². The molecular weight excluding hydrogens is 480 g/mol. The number of carbonyl (C=O) groups excluding carboxylic acids is 2. The van der Waals surface area contributed by atoms with E-state index in [9.17, 15) is 14.7 Å². The average molecular weight is 513 g/mol. The second kappa shape index (κ2) is 10.8. The van der Waals surface area contributed by atoms with E-state index in [1.54, 1.807) is 17.4 Å². The van der Waals surface area contributed by atoms with Crippen molar-refractivity contribution < 1.29 is 24.0 Å². The molecule has 0 saturated carbocycles. The van der Waals surface area contributed by atoms with Gasteiger partial charge in [-0.15, -0.1) is 11.3 Å². The molecule has 1 aromatic carbocycles. The van der Waals surface area contributed by atoms with E-state index in [1.165, 1.54) is 12.0 Å². The summed E-state index contributed by atoms with van der Waals surface area (Å²) in [4.78, 5) is 33.8. The van der Waals surface area contributed by atoms with E-state index in [0.717, 1.165) is 21.7 Å². The van der Waals surface area contributed by atoms with Crippen LogP contribution in [0.1, 0.15) is 56.2 Å². The molecule has 9 nitrogen and oxygen atoms in total. The van der Waals surface area contributed by atoms with E-state index in [2.05, 4.69) is 15.5 Å². The highest BCUT2D eigenvalue weighted by molar-refractivity contribution is 7.13. The lowest BCUT2D eigenvalue weighted by Crippen LogP contribution is -2.48. The number of aliphatic hydroxyl groups excluding tert-OH is 1. The number of aromatic nitrogens is 2. The lowest BCUT2D eigenvalue weighted by molar-refractivity contribution is -0.141. The minimum absolute atomic E-state index is 0.0860. The van der Waals surface area contributed by atoms with Gasteiger partial charge in [0.15, 0.2) is 5.76 Å². The van der Waals surface area contributed by atoms with Gasteiger partial charge in [-0.3, -0.25) is 9.59 Å². The maximum atomic E-state index is 13.6. The number of nitrogens with zero attached hydrogens (tertiary/aromatic N) is 3. The van der Waals surface area contributed by atoms with Gasteiger partial charge in [-0.1, -0.05) is 38.1 Å². The number of aliphatic hydroxyl groups is 1. The smallest absolute Gasteiger partial charge is 0.254 e. The first-order valence-corrected chi connectivity index (χ1v) is 12.9. The number of benzene rings is 1. The predicted molar refractivity (Wildman–Crippen MR) is 136 cm³/mol. The molecule has 1 saturated heterocycles. The van der Waals surface area contributed by atoms with Gasteiger partial charge in [0.1, 0.15) is 12.0 Å². The van der Waals surface area contributed by atoms with Crippen LogP contribution in [0.5, 0.6) is 5.88 Å². The molecule has 4 atom stereocenters. The predicted octanol–water partition coefficient (Wildman–Crippen LogP) is 3.69. The Morgan fingerprint density at radius 1 is 1.25 bits per heavy atom. The minimum atomic E-state index is -0.779. The van der Waals surface area contributed by atoms with E-state index >= 15 is 0 Å². The van der Waals surface area contributed by atoms with Crippen LogP contribution in [0.3, 0.4) is 0 Å². The van der Waals surface area contributed by atoms with Crippen molar-refractivity contribution in [3.8, 4) is 16.3 Å². The fourth-order valence-corrected chi connectivity index (χ4v) is 5.44. The van der Waals surface area contributed by atoms with Crippen LogP contribution >= 0.6 is 11.3 Å². The molecule has 0 unspecified atom stereocenters. The molecule has 0 spiro atoms. The molecule has 3 aromatic rings. The first kappa shape index (κ1) is 25.8. The Kier molecular flexibility index (Phi) is 7.75. The Morgan fingerprint density at radius 3 is 2.56 bits per heavy atom. The molecule has 192 valence electrons. The highest BCUT2D eigenvalue weighted by atomic mass is 32.1. The summed E-state index contributed by atoms with van der Waals surface area (Å²) >= 11 is 1.59. The first-order valence-electron chi connectivity index (χ1n) is 12.0. The number of hydrogen-bond acceptors (Lipinski definition) is 8. The van der Waals surface area contributed by atoms with Crippen LogP contribution in [0.15, 0.2) is 40.4 Å². The molecule has 0 radical (unpaired) electrons. The number of ether oxygens (including phenoxy) is 1. The Morgan fingerprint density at radius 2 is 1.97 bits per heavy atom.